The first-order valence-corrected chi connectivity index (χ1v) is 7.03. The summed E-state index contributed by atoms with van der Waals surface area (Å²) in [5.41, 5.74) is 0.874. The third-order valence-corrected chi connectivity index (χ3v) is 3.36. The molecule has 0 bridgehead atoms. The van der Waals surface area contributed by atoms with Gasteiger partial charge in [-0.1, -0.05) is 17.7 Å². The van der Waals surface area contributed by atoms with Crippen LogP contribution in [0.25, 0.3) is 0 Å². The van der Waals surface area contributed by atoms with E-state index in [2.05, 4.69) is 10.4 Å². The van der Waals surface area contributed by atoms with Crippen LogP contribution in [0.3, 0.4) is 0 Å². The van der Waals surface area contributed by atoms with Gasteiger partial charge in [-0.2, -0.15) is 10.4 Å². The van der Waals surface area contributed by atoms with E-state index in [1.165, 1.54) is 18.2 Å². The molecule has 0 aliphatic rings. The maximum Gasteiger partial charge on any atom is 0.230 e. The van der Waals surface area contributed by atoms with Crippen molar-refractivity contribution in [1.82, 2.24) is 9.78 Å². The monoisotopic (exact) mass is 320 g/mol. The van der Waals surface area contributed by atoms with Gasteiger partial charge in [0.05, 0.1) is 31.1 Å². The van der Waals surface area contributed by atoms with Gasteiger partial charge in [0.2, 0.25) is 5.91 Å². The fraction of sp³-hybridized carbons (Fsp3) is 0.267. The normalized spacial score (nSPS) is 10.3. The number of nitriles is 1. The van der Waals surface area contributed by atoms with Crippen molar-refractivity contribution in [1.29, 1.82) is 5.26 Å². The van der Waals surface area contributed by atoms with E-state index in [9.17, 15) is 9.18 Å². The lowest BCUT2D eigenvalue weighted by atomic mass is 10.1. The summed E-state index contributed by atoms with van der Waals surface area (Å²) >= 11 is 5.91. The molecule has 0 fully saturated rings. The number of nitrogens with one attached hydrogen (secondary N) is 1. The van der Waals surface area contributed by atoms with Crippen molar-refractivity contribution in [2.45, 2.75) is 26.3 Å². The van der Waals surface area contributed by atoms with Gasteiger partial charge in [-0.3, -0.25) is 4.79 Å². The fourth-order valence-corrected chi connectivity index (χ4v) is 2.25. The first kappa shape index (κ1) is 16.0. The zero-order chi connectivity index (χ0) is 16.1. The molecule has 0 radical (unpaired) electrons. The molecule has 0 unspecified atom stereocenters. The molecule has 2 aromatic rings. The number of hydrogen-bond donors (Lipinski definition) is 1. The number of aromatic nitrogens is 2. The Hall–Kier alpha value is -2.39. The number of amides is 1. The number of hydrogen-bond acceptors (Lipinski definition) is 3. The highest BCUT2D eigenvalue weighted by molar-refractivity contribution is 6.31. The highest BCUT2D eigenvalue weighted by atomic mass is 35.5. The van der Waals surface area contributed by atoms with E-state index in [1.807, 2.05) is 6.07 Å². The number of halogens is 2. The van der Waals surface area contributed by atoms with Gasteiger partial charge in [-0.25, -0.2) is 9.07 Å². The molecule has 0 atom stereocenters. The minimum Gasteiger partial charge on any atom is -0.311 e. The van der Waals surface area contributed by atoms with E-state index in [-0.39, 0.29) is 23.4 Å². The second kappa shape index (κ2) is 7.05. The summed E-state index contributed by atoms with van der Waals surface area (Å²) in [6.07, 6.45) is 0.108. The van der Waals surface area contributed by atoms with Crippen LogP contribution in [0, 0.1) is 24.1 Å². The summed E-state index contributed by atoms with van der Waals surface area (Å²) in [4.78, 5) is 12.1. The Bertz CT molecular complexity index is 715. The van der Waals surface area contributed by atoms with E-state index < -0.39 is 11.7 Å². The van der Waals surface area contributed by atoms with E-state index in [1.54, 1.807) is 17.7 Å². The van der Waals surface area contributed by atoms with Crippen LogP contribution in [0.1, 0.15) is 17.7 Å². The van der Waals surface area contributed by atoms with Gasteiger partial charge in [0.1, 0.15) is 11.6 Å². The van der Waals surface area contributed by atoms with Crippen LogP contribution < -0.4 is 5.32 Å². The molecule has 1 aromatic heterocycles. The smallest absolute Gasteiger partial charge is 0.230 e. The van der Waals surface area contributed by atoms with Crippen molar-refractivity contribution < 1.29 is 9.18 Å². The molecular formula is C15H14ClFN4O. The molecule has 0 saturated carbocycles. The van der Waals surface area contributed by atoms with Crippen LogP contribution in [-0.2, 0) is 17.8 Å². The number of rotatable bonds is 5. The summed E-state index contributed by atoms with van der Waals surface area (Å²) in [6, 6.07) is 7.99. The molecule has 2 rings (SSSR count). The van der Waals surface area contributed by atoms with Gasteiger partial charge in [-0.05, 0) is 19.1 Å². The SMILES string of the molecule is Cc1cc(NC(=O)Cc2c(F)cccc2Cl)n(CCC#N)n1. The lowest BCUT2D eigenvalue weighted by Crippen LogP contribution is -2.18. The molecular weight excluding hydrogens is 307 g/mol. The van der Waals surface area contributed by atoms with E-state index in [0.717, 1.165) is 5.69 Å². The van der Waals surface area contributed by atoms with Crippen LogP contribution in [0.2, 0.25) is 5.02 Å². The van der Waals surface area contributed by atoms with Crippen molar-refractivity contribution >= 4 is 23.3 Å². The lowest BCUT2D eigenvalue weighted by Gasteiger charge is -2.09. The zero-order valence-electron chi connectivity index (χ0n) is 11.9. The highest BCUT2D eigenvalue weighted by Gasteiger charge is 2.14. The van der Waals surface area contributed by atoms with Gasteiger partial charge in [0.25, 0.3) is 0 Å². The third kappa shape index (κ3) is 3.83. The molecule has 7 heteroatoms. The number of anilines is 1. The number of nitrogens with zero attached hydrogens (tertiary/aromatic N) is 3. The quantitative estimate of drug-likeness (QED) is 0.920. The van der Waals surface area contributed by atoms with Crippen molar-refractivity contribution in [2.24, 2.45) is 0 Å². The lowest BCUT2D eigenvalue weighted by molar-refractivity contribution is -0.115. The molecule has 0 aliphatic carbocycles. The van der Waals surface area contributed by atoms with Gasteiger partial charge < -0.3 is 5.32 Å². The molecule has 1 amide bonds. The number of aryl methyl sites for hydroxylation is 2. The largest absolute Gasteiger partial charge is 0.311 e. The molecule has 0 saturated heterocycles. The van der Waals surface area contributed by atoms with Crippen LogP contribution in [0.15, 0.2) is 24.3 Å². The second-order valence-electron chi connectivity index (χ2n) is 4.73. The van der Waals surface area contributed by atoms with E-state index in [0.29, 0.717) is 12.4 Å². The van der Waals surface area contributed by atoms with E-state index >= 15 is 0 Å². The molecule has 1 heterocycles. The maximum atomic E-state index is 13.7. The summed E-state index contributed by atoms with van der Waals surface area (Å²) in [5.74, 6) is -0.438. The average molecular weight is 321 g/mol. The predicted octanol–water partition coefficient (Wildman–Crippen LogP) is 3.08. The Labute approximate surface area is 132 Å². The number of carbonyl (C=O) groups excluding carboxylic acids is 1. The van der Waals surface area contributed by atoms with Gasteiger partial charge in [0.15, 0.2) is 0 Å². The standard InChI is InChI=1S/C15H14ClFN4O/c1-10-8-14(21(20-10)7-3-6-18)19-15(22)9-11-12(16)4-2-5-13(11)17/h2,4-5,8H,3,7,9H2,1H3,(H,19,22). The van der Waals surface area contributed by atoms with Gasteiger partial charge >= 0.3 is 0 Å². The molecule has 114 valence electrons. The molecule has 5 nitrogen and oxygen atoms in total. The Kier molecular flexibility index (Phi) is 5.12. The van der Waals surface area contributed by atoms with Gasteiger partial charge in [-0.15, -0.1) is 0 Å². The Balaban J connectivity index is 2.11. The molecule has 0 spiro atoms. The van der Waals surface area contributed by atoms with Crippen molar-refractivity contribution in [3.8, 4) is 6.07 Å². The van der Waals surface area contributed by atoms with Crippen molar-refractivity contribution in [2.75, 3.05) is 5.32 Å². The van der Waals surface area contributed by atoms with Crippen LogP contribution in [0.4, 0.5) is 10.2 Å². The molecule has 1 N–H and O–H groups in total. The summed E-state index contributed by atoms with van der Waals surface area (Å²) in [6.45, 7) is 2.16. The third-order valence-electron chi connectivity index (χ3n) is 3.00. The Morgan fingerprint density at radius 2 is 2.32 bits per heavy atom. The van der Waals surface area contributed by atoms with Crippen LogP contribution >= 0.6 is 11.6 Å². The minimum atomic E-state index is -0.517. The number of carbonyl (C=O) groups is 1. The molecule has 1 aromatic carbocycles. The van der Waals surface area contributed by atoms with Crippen molar-refractivity contribution in [3.63, 3.8) is 0 Å². The summed E-state index contributed by atoms with van der Waals surface area (Å²) in [7, 11) is 0. The first-order valence-electron chi connectivity index (χ1n) is 6.65. The predicted molar refractivity (Wildman–Crippen MR) is 80.9 cm³/mol. The minimum absolute atomic E-state index is 0.154. The molecule has 0 aliphatic heterocycles. The van der Waals surface area contributed by atoms with Crippen LogP contribution in [-0.4, -0.2) is 15.7 Å². The maximum absolute atomic E-state index is 13.7. The average Bonchev–Trinajstić information content (AvgIpc) is 2.80. The number of benzene rings is 1. The second-order valence-corrected chi connectivity index (χ2v) is 5.13. The van der Waals surface area contributed by atoms with Crippen molar-refractivity contribution in [3.05, 3.63) is 46.4 Å². The topological polar surface area (TPSA) is 70.7 Å². The Morgan fingerprint density at radius 1 is 1.55 bits per heavy atom. The fourth-order valence-electron chi connectivity index (χ4n) is 2.02. The highest BCUT2D eigenvalue weighted by Crippen LogP contribution is 2.20. The summed E-state index contributed by atoms with van der Waals surface area (Å²) < 4.78 is 15.2. The molecule has 22 heavy (non-hydrogen) atoms. The zero-order valence-corrected chi connectivity index (χ0v) is 12.7. The summed E-state index contributed by atoms with van der Waals surface area (Å²) in [5, 5.41) is 15.7. The first-order chi connectivity index (χ1) is 10.5. The van der Waals surface area contributed by atoms with Crippen LogP contribution in [0.5, 0.6) is 0 Å². The van der Waals surface area contributed by atoms with E-state index in [4.69, 9.17) is 16.9 Å². The van der Waals surface area contributed by atoms with Gasteiger partial charge in [0, 0.05) is 16.7 Å². The Morgan fingerprint density at radius 3 is 3.00 bits per heavy atom.